The molecule has 0 spiro atoms. The maximum Gasteiger partial charge on any atom is 0.0878 e. The van der Waals surface area contributed by atoms with E-state index in [1.165, 1.54) is 22.3 Å². The second-order valence-electron chi connectivity index (χ2n) is 6.76. The Hall–Kier alpha value is -2.94. The summed E-state index contributed by atoms with van der Waals surface area (Å²) in [6, 6.07) is 20.9. The molecule has 0 amide bonds. The molecule has 3 rings (SSSR count). The van der Waals surface area contributed by atoms with Crippen LogP contribution in [-0.2, 0) is 0 Å². The maximum absolute atomic E-state index is 9.69. The molecular formula is C23H24N2O. The molecule has 26 heavy (non-hydrogen) atoms. The molecule has 0 fully saturated rings. The number of nitrogens with zero attached hydrogens (tertiary/aromatic N) is 2. The molecule has 3 nitrogen and oxygen atoms in total. The molecule has 3 aromatic rings. The zero-order valence-electron chi connectivity index (χ0n) is 15.5. The van der Waals surface area contributed by atoms with E-state index < -0.39 is 0 Å². The molecule has 1 atom stereocenters. The molecule has 132 valence electrons. The van der Waals surface area contributed by atoms with Crippen molar-refractivity contribution >= 4 is 5.71 Å². The van der Waals surface area contributed by atoms with Crippen molar-refractivity contribution in [1.29, 1.82) is 0 Å². The number of rotatable bonds is 5. The van der Waals surface area contributed by atoms with Gasteiger partial charge in [-0.1, -0.05) is 59.3 Å². The van der Waals surface area contributed by atoms with Crippen molar-refractivity contribution in [2.24, 2.45) is 5.16 Å². The standard InChI is InChI=1S/C23H24N2O/c1-16-8-10-19(11-9-16)22(21-7-5-4-6-17(21)2)15-23(25-26)20-12-13-24-18(3)14-20/h4-14,22,26H,15H2,1-3H3/b25-23+/t22-/m1/s1. The predicted molar refractivity (Wildman–Crippen MR) is 106 cm³/mol. The van der Waals surface area contributed by atoms with Crippen LogP contribution in [-0.4, -0.2) is 15.9 Å². The van der Waals surface area contributed by atoms with Gasteiger partial charge in [-0.05, 0) is 49.6 Å². The number of hydrogen-bond acceptors (Lipinski definition) is 3. The minimum atomic E-state index is 0.121. The van der Waals surface area contributed by atoms with Crippen molar-refractivity contribution in [3.63, 3.8) is 0 Å². The monoisotopic (exact) mass is 344 g/mol. The molecule has 0 radical (unpaired) electrons. The quantitative estimate of drug-likeness (QED) is 0.382. The van der Waals surface area contributed by atoms with E-state index in [1.54, 1.807) is 6.20 Å². The highest BCUT2D eigenvalue weighted by molar-refractivity contribution is 6.00. The Balaban J connectivity index is 2.03. The second kappa shape index (κ2) is 7.96. The van der Waals surface area contributed by atoms with Crippen molar-refractivity contribution in [3.8, 4) is 0 Å². The van der Waals surface area contributed by atoms with Gasteiger partial charge >= 0.3 is 0 Å². The Kier molecular flexibility index (Phi) is 5.47. The molecule has 0 aliphatic rings. The Labute approximate surface area is 155 Å². The number of aromatic nitrogens is 1. The lowest BCUT2D eigenvalue weighted by molar-refractivity contribution is 0.317. The summed E-state index contributed by atoms with van der Waals surface area (Å²) in [5.41, 5.74) is 7.43. The van der Waals surface area contributed by atoms with Crippen LogP contribution in [0.4, 0.5) is 0 Å². The number of pyridine rings is 1. The van der Waals surface area contributed by atoms with E-state index in [-0.39, 0.29) is 5.92 Å². The molecule has 0 saturated heterocycles. The third kappa shape index (κ3) is 3.99. The van der Waals surface area contributed by atoms with Crippen LogP contribution in [0.5, 0.6) is 0 Å². The second-order valence-corrected chi connectivity index (χ2v) is 6.76. The van der Waals surface area contributed by atoms with Gasteiger partial charge in [0.2, 0.25) is 0 Å². The highest BCUT2D eigenvalue weighted by atomic mass is 16.4. The fraction of sp³-hybridized carbons (Fsp3) is 0.217. The first-order valence-corrected chi connectivity index (χ1v) is 8.84. The van der Waals surface area contributed by atoms with E-state index >= 15 is 0 Å². The van der Waals surface area contributed by atoms with Gasteiger partial charge in [0.25, 0.3) is 0 Å². The van der Waals surface area contributed by atoms with E-state index in [1.807, 2.05) is 19.1 Å². The van der Waals surface area contributed by atoms with E-state index in [0.717, 1.165) is 11.3 Å². The van der Waals surface area contributed by atoms with E-state index in [9.17, 15) is 5.21 Å². The summed E-state index contributed by atoms with van der Waals surface area (Å²) in [7, 11) is 0. The van der Waals surface area contributed by atoms with Gasteiger partial charge in [-0.15, -0.1) is 0 Å². The van der Waals surface area contributed by atoms with Crippen LogP contribution in [0, 0.1) is 20.8 Å². The first kappa shape index (κ1) is 17.9. The Morgan fingerprint density at radius 2 is 1.73 bits per heavy atom. The van der Waals surface area contributed by atoms with Crippen molar-refractivity contribution in [3.05, 3.63) is 100 Å². The molecule has 0 aliphatic heterocycles. The summed E-state index contributed by atoms with van der Waals surface area (Å²) in [5.74, 6) is 0.121. The van der Waals surface area contributed by atoms with Gasteiger partial charge < -0.3 is 5.21 Å². The molecule has 0 saturated carbocycles. The third-order valence-corrected chi connectivity index (χ3v) is 4.79. The predicted octanol–water partition coefficient (Wildman–Crippen LogP) is 5.41. The summed E-state index contributed by atoms with van der Waals surface area (Å²) in [5, 5.41) is 13.3. The lowest BCUT2D eigenvalue weighted by Crippen LogP contribution is -2.12. The average molecular weight is 344 g/mol. The van der Waals surface area contributed by atoms with Crippen LogP contribution >= 0.6 is 0 Å². The lowest BCUT2D eigenvalue weighted by Gasteiger charge is -2.21. The highest BCUT2D eigenvalue weighted by Crippen LogP contribution is 2.32. The number of benzene rings is 2. The Morgan fingerprint density at radius 3 is 2.38 bits per heavy atom. The summed E-state index contributed by atoms with van der Waals surface area (Å²) < 4.78 is 0. The lowest BCUT2D eigenvalue weighted by atomic mass is 9.83. The molecule has 0 aliphatic carbocycles. The molecular weight excluding hydrogens is 320 g/mol. The fourth-order valence-electron chi connectivity index (χ4n) is 3.32. The number of oxime groups is 1. The van der Waals surface area contributed by atoms with Gasteiger partial charge in [-0.25, -0.2) is 0 Å². The summed E-state index contributed by atoms with van der Waals surface area (Å²) in [6.45, 7) is 6.16. The minimum absolute atomic E-state index is 0.121. The van der Waals surface area contributed by atoms with Crippen molar-refractivity contribution in [2.75, 3.05) is 0 Å². The molecule has 3 heteroatoms. The zero-order valence-corrected chi connectivity index (χ0v) is 15.5. The smallest absolute Gasteiger partial charge is 0.0878 e. The van der Waals surface area contributed by atoms with Gasteiger partial charge in [0.05, 0.1) is 5.71 Å². The Bertz CT molecular complexity index is 914. The largest absolute Gasteiger partial charge is 0.411 e. The van der Waals surface area contributed by atoms with Crippen molar-refractivity contribution in [2.45, 2.75) is 33.1 Å². The topological polar surface area (TPSA) is 45.5 Å². The maximum atomic E-state index is 9.69. The first-order chi connectivity index (χ1) is 12.6. The van der Waals surface area contributed by atoms with Crippen molar-refractivity contribution in [1.82, 2.24) is 4.98 Å². The van der Waals surface area contributed by atoms with E-state index in [0.29, 0.717) is 12.1 Å². The van der Waals surface area contributed by atoms with Crippen LogP contribution in [0.1, 0.15) is 45.8 Å². The summed E-state index contributed by atoms with van der Waals surface area (Å²) in [4.78, 5) is 4.24. The average Bonchev–Trinajstić information content (AvgIpc) is 2.65. The zero-order chi connectivity index (χ0) is 18.5. The van der Waals surface area contributed by atoms with Gasteiger partial charge in [0.15, 0.2) is 0 Å². The molecule has 2 aromatic carbocycles. The molecule has 1 N–H and O–H groups in total. The molecule has 1 aromatic heterocycles. The normalized spacial score (nSPS) is 12.8. The van der Waals surface area contributed by atoms with Gasteiger partial charge in [0, 0.05) is 29.8 Å². The summed E-state index contributed by atoms with van der Waals surface area (Å²) in [6.07, 6.45) is 2.37. The van der Waals surface area contributed by atoms with Crippen LogP contribution < -0.4 is 0 Å². The van der Waals surface area contributed by atoms with Crippen LogP contribution in [0.3, 0.4) is 0 Å². The van der Waals surface area contributed by atoms with Gasteiger partial charge in [0.1, 0.15) is 0 Å². The highest BCUT2D eigenvalue weighted by Gasteiger charge is 2.20. The number of hydrogen-bond donors (Lipinski definition) is 1. The minimum Gasteiger partial charge on any atom is -0.411 e. The molecule has 0 unspecified atom stereocenters. The molecule has 0 bridgehead atoms. The fourth-order valence-corrected chi connectivity index (χ4v) is 3.32. The van der Waals surface area contributed by atoms with E-state index in [2.05, 4.69) is 72.5 Å². The third-order valence-electron chi connectivity index (χ3n) is 4.79. The number of aryl methyl sites for hydroxylation is 3. The molecule has 1 heterocycles. The SMILES string of the molecule is Cc1ccc([C@@H](C/C(=N\O)c2ccnc(C)c2)c2ccccc2C)cc1. The van der Waals surface area contributed by atoms with Crippen LogP contribution in [0.15, 0.2) is 72.0 Å². The van der Waals surface area contributed by atoms with Crippen molar-refractivity contribution < 1.29 is 5.21 Å². The van der Waals surface area contributed by atoms with Gasteiger partial charge in [-0.2, -0.15) is 0 Å². The summed E-state index contributed by atoms with van der Waals surface area (Å²) >= 11 is 0. The van der Waals surface area contributed by atoms with Crippen LogP contribution in [0.2, 0.25) is 0 Å². The Morgan fingerprint density at radius 1 is 1.00 bits per heavy atom. The van der Waals surface area contributed by atoms with Gasteiger partial charge in [-0.3, -0.25) is 4.98 Å². The van der Waals surface area contributed by atoms with E-state index in [4.69, 9.17) is 0 Å². The van der Waals surface area contributed by atoms with Crippen LogP contribution in [0.25, 0.3) is 0 Å². The first-order valence-electron chi connectivity index (χ1n) is 8.84.